The molecular formula is C15H26N2S. The van der Waals surface area contributed by atoms with E-state index in [0.717, 1.165) is 31.1 Å². The molecule has 102 valence electrons. The summed E-state index contributed by atoms with van der Waals surface area (Å²) in [6, 6.07) is 0. The molecule has 0 spiro atoms. The van der Waals surface area contributed by atoms with Gasteiger partial charge in [-0.2, -0.15) is 0 Å². The van der Waals surface area contributed by atoms with Crippen LogP contribution in [0.15, 0.2) is 0 Å². The second-order valence-electron chi connectivity index (χ2n) is 6.13. The molecule has 1 heterocycles. The van der Waals surface area contributed by atoms with Crippen LogP contribution in [-0.2, 0) is 12.0 Å². The fourth-order valence-electron chi connectivity index (χ4n) is 3.08. The Morgan fingerprint density at radius 3 is 2.78 bits per heavy atom. The van der Waals surface area contributed by atoms with Crippen molar-refractivity contribution in [3.05, 3.63) is 15.6 Å². The molecule has 2 atom stereocenters. The number of thiazole rings is 1. The van der Waals surface area contributed by atoms with Gasteiger partial charge in [0.25, 0.3) is 0 Å². The maximum Gasteiger partial charge on any atom is 0.113 e. The van der Waals surface area contributed by atoms with Gasteiger partial charge in [0.05, 0.1) is 11.2 Å². The van der Waals surface area contributed by atoms with Crippen LogP contribution >= 0.6 is 11.3 Å². The van der Waals surface area contributed by atoms with E-state index in [1.807, 2.05) is 11.3 Å². The molecule has 0 amide bonds. The molecule has 2 nitrogen and oxygen atoms in total. The van der Waals surface area contributed by atoms with Gasteiger partial charge in [-0.05, 0) is 38.0 Å². The minimum absolute atomic E-state index is 0.157. The molecule has 0 radical (unpaired) electrons. The highest BCUT2D eigenvalue weighted by molar-refractivity contribution is 7.11. The van der Waals surface area contributed by atoms with E-state index in [9.17, 15) is 0 Å². The normalized spacial score (nSPS) is 28.9. The SMILES string of the molecule is CCc1nc(C2(N)CCCC(C(C)C)C2)sc1C. The molecule has 1 aromatic heterocycles. The highest BCUT2D eigenvalue weighted by Gasteiger charge is 2.37. The average molecular weight is 266 g/mol. The van der Waals surface area contributed by atoms with Crippen molar-refractivity contribution in [1.82, 2.24) is 4.98 Å². The number of aromatic nitrogens is 1. The van der Waals surface area contributed by atoms with Crippen LogP contribution in [0.1, 0.15) is 62.0 Å². The predicted molar refractivity (Wildman–Crippen MR) is 78.9 cm³/mol. The zero-order chi connectivity index (χ0) is 13.3. The molecule has 0 saturated heterocycles. The number of aryl methyl sites for hydroxylation is 2. The molecule has 2 rings (SSSR count). The van der Waals surface area contributed by atoms with Crippen molar-refractivity contribution < 1.29 is 0 Å². The van der Waals surface area contributed by atoms with Crippen LogP contribution in [0.3, 0.4) is 0 Å². The Balaban J connectivity index is 2.23. The molecule has 0 aromatic carbocycles. The molecule has 3 heteroatoms. The number of rotatable bonds is 3. The van der Waals surface area contributed by atoms with E-state index in [0.29, 0.717) is 0 Å². The second kappa shape index (κ2) is 5.30. The van der Waals surface area contributed by atoms with Crippen molar-refractivity contribution in [2.75, 3.05) is 0 Å². The van der Waals surface area contributed by atoms with E-state index in [1.165, 1.54) is 28.4 Å². The van der Waals surface area contributed by atoms with E-state index >= 15 is 0 Å². The van der Waals surface area contributed by atoms with Crippen LogP contribution in [0.2, 0.25) is 0 Å². The molecule has 18 heavy (non-hydrogen) atoms. The number of nitrogens with two attached hydrogens (primary N) is 1. The van der Waals surface area contributed by atoms with E-state index in [-0.39, 0.29) is 5.54 Å². The Bertz CT molecular complexity index is 411. The van der Waals surface area contributed by atoms with Gasteiger partial charge >= 0.3 is 0 Å². The standard InChI is InChI=1S/C15H26N2S/c1-5-13-11(4)18-14(17-13)15(16)8-6-7-12(9-15)10(2)3/h10,12H,5-9,16H2,1-4H3. The zero-order valence-electron chi connectivity index (χ0n) is 12.1. The molecule has 1 aliphatic rings. The van der Waals surface area contributed by atoms with Crippen LogP contribution in [0, 0.1) is 18.8 Å². The van der Waals surface area contributed by atoms with Gasteiger partial charge in [-0.1, -0.05) is 33.6 Å². The average Bonchev–Trinajstić information content (AvgIpc) is 2.71. The van der Waals surface area contributed by atoms with Crippen molar-refractivity contribution >= 4 is 11.3 Å². The van der Waals surface area contributed by atoms with Gasteiger partial charge in [-0.15, -0.1) is 11.3 Å². The van der Waals surface area contributed by atoms with Crippen LogP contribution in [0.4, 0.5) is 0 Å². The minimum atomic E-state index is -0.157. The summed E-state index contributed by atoms with van der Waals surface area (Å²) in [5.41, 5.74) is 7.78. The highest BCUT2D eigenvalue weighted by Crippen LogP contribution is 2.42. The summed E-state index contributed by atoms with van der Waals surface area (Å²) >= 11 is 1.82. The summed E-state index contributed by atoms with van der Waals surface area (Å²) in [4.78, 5) is 6.16. The fourth-order valence-corrected chi connectivity index (χ4v) is 4.23. The number of hydrogen-bond acceptors (Lipinski definition) is 3. The van der Waals surface area contributed by atoms with E-state index in [2.05, 4.69) is 27.7 Å². The predicted octanol–water partition coefficient (Wildman–Crippen LogP) is 4.01. The summed E-state index contributed by atoms with van der Waals surface area (Å²) < 4.78 is 0. The summed E-state index contributed by atoms with van der Waals surface area (Å²) in [7, 11) is 0. The molecule has 1 aliphatic carbocycles. The van der Waals surface area contributed by atoms with E-state index in [1.54, 1.807) is 0 Å². The molecule has 0 bridgehead atoms. The lowest BCUT2D eigenvalue weighted by molar-refractivity contribution is 0.183. The Morgan fingerprint density at radius 1 is 1.50 bits per heavy atom. The summed E-state index contributed by atoms with van der Waals surface area (Å²) in [6.07, 6.45) is 5.82. The topological polar surface area (TPSA) is 38.9 Å². The highest BCUT2D eigenvalue weighted by atomic mass is 32.1. The maximum atomic E-state index is 6.69. The Morgan fingerprint density at radius 2 is 2.22 bits per heavy atom. The van der Waals surface area contributed by atoms with E-state index < -0.39 is 0 Å². The number of hydrogen-bond donors (Lipinski definition) is 1. The van der Waals surface area contributed by atoms with Crippen molar-refractivity contribution in [3.63, 3.8) is 0 Å². The third-order valence-corrected chi connectivity index (χ3v) is 5.65. The first-order valence-electron chi connectivity index (χ1n) is 7.22. The summed E-state index contributed by atoms with van der Waals surface area (Å²) in [6.45, 7) is 8.99. The lowest BCUT2D eigenvalue weighted by Gasteiger charge is -2.38. The van der Waals surface area contributed by atoms with Crippen LogP contribution in [-0.4, -0.2) is 4.98 Å². The largest absolute Gasteiger partial charge is 0.319 e. The van der Waals surface area contributed by atoms with Crippen molar-refractivity contribution in [2.45, 2.75) is 65.3 Å². The first-order valence-corrected chi connectivity index (χ1v) is 8.03. The van der Waals surface area contributed by atoms with Crippen molar-refractivity contribution in [1.29, 1.82) is 0 Å². The van der Waals surface area contributed by atoms with Gasteiger partial charge < -0.3 is 5.73 Å². The first kappa shape index (κ1) is 14.0. The van der Waals surface area contributed by atoms with Crippen LogP contribution < -0.4 is 5.73 Å². The fraction of sp³-hybridized carbons (Fsp3) is 0.800. The lowest BCUT2D eigenvalue weighted by Crippen LogP contribution is -2.42. The molecule has 1 fully saturated rings. The quantitative estimate of drug-likeness (QED) is 0.897. The van der Waals surface area contributed by atoms with Gasteiger partial charge in [0, 0.05) is 4.88 Å². The molecule has 2 N–H and O–H groups in total. The monoisotopic (exact) mass is 266 g/mol. The van der Waals surface area contributed by atoms with E-state index in [4.69, 9.17) is 10.7 Å². The second-order valence-corrected chi connectivity index (χ2v) is 7.34. The minimum Gasteiger partial charge on any atom is -0.319 e. The summed E-state index contributed by atoms with van der Waals surface area (Å²) in [5.74, 6) is 1.50. The first-order chi connectivity index (χ1) is 8.46. The number of nitrogens with zero attached hydrogens (tertiary/aromatic N) is 1. The smallest absolute Gasteiger partial charge is 0.113 e. The Labute approximate surface area is 115 Å². The van der Waals surface area contributed by atoms with Gasteiger partial charge in [0.15, 0.2) is 0 Å². The molecule has 1 saturated carbocycles. The Kier molecular flexibility index (Phi) is 4.12. The lowest BCUT2D eigenvalue weighted by atomic mass is 9.72. The maximum absolute atomic E-state index is 6.69. The third kappa shape index (κ3) is 2.62. The van der Waals surface area contributed by atoms with Gasteiger partial charge in [-0.25, -0.2) is 4.98 Å². The van der Waals surface area contributed by atoms with Gasteiger partial charge in [0.2, 0.25) is 0 Å². The summed E-state index contributed by atoms with van der Waals surface area (Å²) in [5, 5.41) is 1.18. The zero-order valence-corrected chi connectivity index (χ0v) is 12.9. The van der Waals surface area contributed by atoms with Gasteiger partial charge in [0.1, 0.15) is 5.01 Å². The molecule has 0 aliphatic heterocycles. The van der Waals surface area contributed by atoms with Crippen molar-refractivity contribution in [3.8, 4) is 0 Å². The Hall–Kier alpha value is -0.410. The van der Waals surface area contributed by atoms with Crippen molar-refractivity contribution in [2.24, 2.45) is 17.6 Å². The van der Waals surface area contributed by atoms with Crippen LogP contribution in [0.5, 0.6) is 0 Å². The molecule has 2 unspecified atom stereocenters. The third-order valence-electron chi connectivity index (χ3n) is 4.42. The molecular weight excluding hydrogens is 240 g/mol. The molecule has 1 aromatic rings. The van der Waals surface area contributed by atoms with Crippen LogP contribution in [0.25, 0.3) is 0 Å². The van der Waals surface area contributed by atoms with Gasteiger partial charge in [-0.3, -0.25) is 0 Å².